The molecule has 3 heteroatoms. The minimum absolute atomic E-state index is 0.538. The van der Waals surface area contributed by atoms with Gasteiger partial charge in [0.15, 0.2) is 0 Å². The Bertz CT molecular complexity index is 978. The Kier molecular flexibility index (Phi) is 4.29. The zero-order chi connectivity index (χ0) is 16.9. The van der Waals surface area contributed by atoms with E-state index in [4.69, 9.17) is 4.74 Å². The molecule has 3 aromatic carbocycles. The summed E-state index contributed by atoms with van der Waals surface area (Å²) in [6.07, 6.45) is 1.82. The van der Waals surface area contributed by atoms with E-state index in [-0.39, 0.29) is 0 Å². The van der Waals surface area contributed by atoms with Crippen LogP contribution in [-0.2, 0) is 6.61 Å². The first-order chi connectivity index (χ1) is 12.4. The van der Waals surface area contributed by atoms with Crippen molar-refractivity contribution < 1.29 is 4.74 Å². The third-order valence-corrected chi connectivity index (χ3v) is 4.04. The molecule has 1 N–H and O–H groups in total. The Morgan fingerprint density at radius 1 is 0.720 bits per heavy atom. The van der Waals surface area contributed by atoms with Crippen LogP contribution in [0.4, 0.5) is 11.4 Å². The van der Waals surface area contributed by atoms with Gasteiger partial charge < -0.3 is 10.1 Å². The van der Waals surface area contributed by atoms with E-state index in [0.29, 0.717) is 6.61 Å². The number of anilines is 2. The fourth-order valence-electron chi connectivity index (χ4n) is 2.78. The third kappa shape index (κ3) is 3.45. The van der Waals surface area contributed by atoms with E-state index in [1.54, 1.807) is 0 Å². The first kappa shape index (κ1) is 15.2. The monoisotopic (exact) mass is 326 g/mol. The fourth-order valence-corrected chi connectivity index (χ4v) is 2.78. The van der Waals surface area contributed by atoms with Crippen molar-refractivity contribution in [2.24, 2.45) is 0 Å². The van der Waals surface area contributed by atoms with Crippen LogP contribution in [-0.4, -0.2) is 4.98 Å². The number of rotatable bonds is 5. The molecule has 0 aliphatic heterocycles. The molecule has 0 fully saturated rings. The van der Waals surface area contributed by atoms with Crippen LogP contribution in [0.15, 0.2) is 91.1 Å². The maximum Gasteiger partial charge on any atom is 0.143 e. The Morgan fingerprint density at radius 2 is 1.48 bits per heavy atom. The van der Waals surface area contributed by atoms with Crippen molar-refractivity contribution in [3.63, 3.8) is 0 Å². The Labute approximate surface area is 146 Å². The highest BCUT2D eigenvalue weighted by atomic mass is 16.5. The van der Waals surface area contributed by atoms with Gasteiger partial charge in [0.2, 0.25) is 0 Å². The minimum atomic E-state index is 0.538. The van der Waals surface area contributed by atoms with E-state index in [9.17, 15) is 0 Å². The van der Waals surface area contributed by atoms with Crippen molar-refractivity contribution in [1.82, 2.24) is 4.98 Å². The van der Waals surface area contributed by atoms with Gasteiger partial charge in [-0.3, -0.25) is 4.98 Å². The predicted octanol–water partition coefficient (Wildman–Crippen LogP) is 5.56. The van der Waals surface area contributed by atoms with E-state index in [1.165, 1.54) is 0 Å². The molecule has 0 atom stereocenters. The van der Waals surface area contributed by atoms with Gasteiger partial charge >= 0.3 is 0 Å². The molecular formula is C22H18N2O. The van der Waals surface area contributed by atoms with Gasteiger partial charge in [-0.25, -0.2) is 0 Å². The van der Waals surface area contributed by atoms with Crippen molar-refractivity contribution in [2.75, 3.05) is 5.32 Å². The zero-order valence-electron chi connectivity index (χ0n) is 13.7. The molecule has 0 saturated carbocycles. The number of nitrogens with one attached hydrogen (secondary N) is 1. The summed E-state index contributed by atoms with van der Waals surface area (Å²) in [5, 5.41) is 4.57. The molecule has 0 aliphatic rings. The van der Waals surface area contributed by atoms with Gasteiger partial charge in [-0.05, 0) is 29.8 Å². The van der Waals surface area contributed by atoms with Crippen LogP contribution >= 0.6 is 0 Å². The molecule has 4 aromatic rings. The van der Waals surface area contributed by atoms with Crippen molar-refractivity contribution in [1.29, 1.82) is 0 Å². The summed E-state index contributed by atoms with van der Waals surface area (Å²) in [6, 6.07) is 28.2. The lowest BCUT2D eigenvalue weighted by molar-refractivity contribution is 0.308. The number of nitrogens with zero attached hydrogens (tertiary/aromatic N) is 1. The van der Waals surface area contributed by atoms with Crippen molar-refractivity contribution in [3.8, 4) is 5.75 Å². The molecule has 0 aliphatic carbocycles. The van der Waals surface area contributed by atoms with Crippen LogP contribution in [0, 0.1) is 0 Å². The highest BCUT2D eigenvalue weighted by molar-refractivity contribution is 5.93. The average Bonchev–Trinajstić information content (AvgIpc) is 2.68. The lowest BCUT2D eigenvalue weighted by atomic mass is 10.2. The number of benzene rings is 3. The second kappa shape index (κ2) is 7.05. The SMILES string of the molecule is c1ccc(COc2ccccc2Nc2ccnc3ccccc23)cc1. The van der Waals surface area contributed by atoms with Crippen LogP contribution in [0.1, 0.15) is 5.56 Å². The zero-order valence-corrected chi connectivity index (χ0v) is 13.7. The Balaban J connectivity index is 1.60. The van der Waals surface area contributed by atoms with Crippen LogP contribution < -0.4 is 10.1 Å². The minimum Gasteiger partial charge on any atom is -0.487 e. The quantitative estimate of drug-likeness (QED) is 0.521. The number of pyridine rings is 1. The predicted molar refractivity (Wildman–Crippen MR) is 102 cm³/mol. The highest BCUT2D eigenvalue weighted by Gasteiger charge is 2.06. The second-order valence-corrected chi connectivity index (χ2v) is 5.77. The normalized spacial score (nSPS) is 10.6. The smallest absolute Gasteiger partial charge is 0.143 e. The molecule has 25 heavy (non-hydrogen) atoms. The maximum atomic E-state index is 6.03. The average molecular weight is 326 g/mol. The highest BCUT2D eigenvalue weighted by Crippen LogP contribution is 2.31. The van der Waals surface area contributed by atoms with E-state index in [0.717, 1.165) is 33.6 Å². The van der Waals surface area contributed by atoms with E-state index < -0.39 is 0 Å². The molecule has 0 radical (unpaired) electrons. The van der Waals surface area contributed by atoms with E-state index >= 15 is 0 Å². The van der Waals surface area contributed by atoms with Gasteiger partial charge in [-0.1, -0.05) is 60.7 Å². The number of hydrogen-bond acceptors (Lipinski definition) is 3. The molecule has 0 bridgehead atoms. The molecule has 0 amide bonds. The van der Waals surface area contributed by atoms with Crippen molar-refractivity contribution in [2.45, 2.75) is 6.61 Å². The molecule has 4 rings (SSSR count). The first-order valence-electron chi connectivity index (χ1n) is 8.27. The summed E-state index contributed by atoms with van der Waals surface area (Å²) < 4.78 is 6.03. The second-order valence-electron chi connectivity index (χ2n) is 5.77. The van der Waals surface area contributed by atoms with Crippen LogP contribution in [0.3, 0.4) is 0 Å². The molecule has 3 nitrogen and oxygen atoms in total. The van der Waals surface area contributed by atoms with E-state index in [1.807, 2.05) is 72.9 Å². The molecule has 122 valence electrons. The summed E-state index contributed by atoms with van der Waals surface area (Å²) in [4.78, 5) is 4.41. The lowest BCUT2D eigenvalue weighted by Crippen LogP contribution is -1.99. The molecule has 0 unspecified atom stereocenters. The first-order valence-corrected chi connectivity index (χ1v) is 8.27. The van der Waals surface area contributed by atoms with Gasteiger partial charge in [-0.2, -0.15) is 0 Å². The standard InChI is InChI=1S/C22H18N2O/c1-2-8-17(9-3-1)16-25-22-13-7-6-12-21(22)24-20-14-15-23-19-11-5-4-10-18(19)20/h1-15H,16H2,(H,23,24). The van der Waals surface area contributed by atoms with Crippen LogP contribution in [0.5, 0.6) is 5.75 Å². The fraction of sp³-hybridized carbons (Fsp3) is 0.0455. The van der Waals surface area contributed by atoms with Gasteiger partial charge in [0.1, 0.15) is 12.4 Å². The summed E-state index contributed by atoms with van der Waals surface area (Å²) in [6.45, 7) is 0.538. The Hall–Kier alpha value is -3.33. The number of para-hydroxylation sites is 3. The Morgan fingerprint density at radius 3 is 2.40 bits per heavy atom. The lowest BCUT2D eigenvalue weighted by Gasteiger charge is -2.14. The molecule has 0 saturated heterocycles. The number of ether oxygens (including phenoxy) is 1. The summed E-state index contributed by atoms with van der Waals surface area (Å²) >= 11 is 0. The maximum absolute atomic E-state index is 6.03. The number of fused-ring (bicyclic) bond motifs is 1. The van der Waals surface area contributed by atoms with Gasteiger partial charge in [-0.15, -0.1) is 0 Å². The molecule has 1 aromatic heterocycles. The number of aromatic nitrogens is 1. The third-order valence-electron chi connectivity index (χ3n) is 4.04. The van der Waals surface area contributed by atoms with Crippen LogP contribution in [0.2, 0.25) is 0 Å². The van der Waals surface area contributed by atoms with Gasteiger partial charge in [0, 0.05) is 17.3 Å². The van der Waals surface area contributed by atoms with Crippen LogP contribution in [0.25, 0.3) is 10.9 Å². The summed E-state index contributed by atoms with van der Waals surface area (Å²) in [5.41, 5.74) is 4.07. The summed E-state index contributed by atoms with van der Waals surface area (Å²) in [5.74, 6) is 0.826. The van der Waals surface area contributed by atoms with Gasteiger partial charge in [0.05, 0.1) is 11.2 Å². The van der Waals surface area contributed by atoms with E-state index in [2.05, 4.69) is 28.5 Å². The van der Waals surface area contributed by atoms with Crippen molar-refractivity contribution >= 4 is 22.3 Å². The molecule has 0 spiro atoms. The van der Waals surface area contributed by atoms with Crippen molar-refractivity contribution in [3.05, 3.63) is 96.7 Å². The molecular weight excluding hydrogens is 308 g/mol. The molecule has 1 heterocycles. The van der Waals surface area contributed by atoms with Gasteiger partial charge in [0.25, 0.3) is 0 Å². The summed E-state index contributed by atoms with van der Waals surface area (Å²) in [7, 11) is 0. The topological polar surface area (TPSA) is 34.1 Å². The largest absolute Gasteiger partial charge is 0.487 e. The number of hydrogen-bond donors (Lipinski definition) is 1.